The van der Waals surface area contributed by atoms with Crippen molar-refractivity contribution in [1.29, 1.82) is 0 Å². The molecule has 2 atom stereocenters. The number of benzene rings is 3. The Morgan fingerprint density at radius 3 is 1.84 bits per heavy atom. The van der Waals surface area contributed by atoms with E-state index >= 15 is 0 Å². The summed E-state index contributed by atoms with van der Waals surface area (Å²) in [5.74, 6) is -0.906. The number of carbonyl (C=O) groups is 1. The zero-order valence-corrected chi connectivity index (χ0v) is 13.9. The van der Waals surface area contributed by atoms with E-state index < -0.39 is 11.5 Å². The third-order valence-electron chi connectivity index (χ3n) is 4.44. The second kappa shape index (κ2) is 7.29. The topological polar surface area (TPSA) is 37.3 Å². The molecule has 124 valence electrons. The van der Waals surface area contributed by atoms with Crippen LogP contribution in [0.3, 0.4) is 0 Å². The smallest absolute Gasteiger partial charge is 0.199 e. The largest absolute Gasteiger partial charge is 0.376 e. The second-order valence-corrected chi connectivity index (χ2v) is 5.95. The highest BCUT2D eigenvalue weighted by Crippen LogP contribution is 2.40. The van der Waals surface area contributed by atoms with Gasteiger partial charge in [0.05, 0.1) is 0 Å². The van der Waals surface area contributed by atoms with Gasteiger partial charge in [0.15, 0.2) is 11.4 Å². The maximum absolute atomic E-state index is 13.3. The van der Waals surface area contributed by atoms with Crippen LogP contribution < -0.4 is 0 Å². The van der Waals surface area contributed by atoms with Crippen molar-refractivity contribution in [2.45, 2.75) is 11.5 Å². The standard InChI is InChI=1S/C23H20O2/c1-2-21(18-12-6-3-7-13-18)23(25,20-16-10-5-11-17-20)22(24)19-14-8-4-9-15-19/h2-17,21,25H,1H2. The number of ketones is 1. The minimum Gasteiger partial charge on any atom is -0.376 e. The molecule has 0 aliphatic carbocycles. The summed E-state index contributed by atoms with van der Waals surface area (Å²) in [4.78, 5) is 13.3. The van der Waals surface area contributed by atoms with E-state index in [1.165, 1.54) is 0 Å². The lowest BCUT2D eigenvalue weighted by atomic mass is 9.73. The van der Waals surface area contributed by atoms with Gasteiger partial charge in [-0.2, -0.15) is 0 Å². The Hall–Kier alpha value is -2.97. The summed E-state index contributed by atoms with van der Waals surface area (Å²) in [7, 11) is 0. The molecule has 0 fully saturated rings. The molecular weight excluding hydrogens is 308 g/mol. The van der Waals surface area contributed by atoms with Gasteiger partial charge in [-0.1, -0.05) is 97.1 Å². The van der Waals surface area contributed by atoms with Crippen LogP contribution in [0.15, 0.2) is 104 Å². The van der Waals surface area contributed by atoms with Gasteiger partial charge in [-0.05, 0) is 11.1 Å². The zero-order chi connectivity index (χ0) is 17.7. The molecule has 2 heteroatoms. The van der Waals surface area contributed by atoms with Crippen molar-refractivity contribution in [1.82, 2.24) is 0 Å². The number of carbonyl (C=O) groups excluding carboxylic acids is 1. The first-order valence-corrected chi connectivity index (χ1v) is 8.23. The molecule has 1 N–H and O–H groups in total. The summed E-state index contributed by atoms with van der Waals surface area (Å²) in [6.07, 6.45) is 1.64. The van der Waals surface area contributed by atoms with Crippen LogP contribution in [0.2, 0.25) is 0 Å². The molecule has 0 aliphatic rings. The first-order chi connectivity index (χ1) is 12.2. The van der Waals surface area contributed by atoms with Gasteiger partial charge in [-0.15, -0.1) is 6.58 Å². The highest BCUT2D eigenvalue weighted by atomic mass is 16.3. The Kier molecular flexibility index (Phi) is 4.92. The summed E-state index contributed by atoms with van der Waals surface area (Å²) in [5.41, 5.74) is 0.133. The van der Waals surface area contributed by atoms with Gasteiger partial charge in [0.25, 0.3) is 0 Å². The highest BCUT2D eigenvalue weighted by Gasteiger charge is 2.45. The maximum atomic E-state index is 13.3. The lowest BCUT2D eigenvalue weighted by molar-refractivity contribution is 0.0219. The van der Waals surface area contributed by atoms with Crippen molar-refractivity contribution in [3.05, 3.63) is 120 Å². The first-order valence-electron chi connectivity index (χ1n) is 8.23. The van der Waals surface area contributed by atoms with Crippen molar-refractivity contribution in [2.75, 3.05) is 0 Å². The number of hydrogen-bond donors (Lipinski definition) is 1. The Balaban J connectivity index is 2.19. The van der Waals surface area contributed by atoms with Crippen LogP contribution in [0.5, 0.6) is 0 Å². The molecule has 2 unspecified atom stereocenters. The predicted octanol–water partition coefficient (Wildman–Crippen LogP) is 4.73. The lowest BCUT2D eigenvalue weighted by Gasteiger charge is -2.34. The fourth-order valence-electron chi connectivity index (χ4n) is 3.16. The molecule has 0 bridgehead atoms. The van der Waals surface area contributed by atoms with Crippen LogP contribution in [0, 0.1) is 0 Å². The van der Waals surface area contributed by atoms with Gasteiger partial charge in [0.1, 0.15) is 0 Å². The molecule has 3 rings (SSSR count). The van der Waals surface area contributed by atoms with Crippen LogP contribution in [-0.2, 0) is 5.60 Å². The van der Waals surface area contributed by atoms with E-state index in [-0.39, 0.29) is 5.78 Å². The van der Waals surface area contributed by atoms with E-state index in [0.29, 0.717) is 11.1 Å². The van der Waals surface area contributed by atoms with Crippen LogP contribution in [-0.4, -0.2) is 10.9 Å². The van der Waals surface area contributed by atoms with E-state index in [1.807, 2.05) is 54.6 Å². The lowest BCUT2D eigenvalue weighted by Crippen LogP contribution is -2.41. The third kappa shape index (κ3) is 3.17. The summed E-state index contributed by atoms with van der Waals surface area (Å²) in [5, 5.41) is 11.7. The van der Waals surface area contributed by atoms with Crippen molar-refractivity contribution in [3.8, 4) is 0 Å². The van der Waals surface area contributed by atoms with Gasteiger partial charge < -0.3 is 5.11 Å². The van der Waals surface area contributed by atoms with Gasteiger partial charge in [0.2, 0.25) is 0 Å². The number of hydrogen-bond acceptors (Lipinski definition) is 2. The Bertz CT molecular complexity index is 841. The van der Waals surface area contributed by atoms with Crippen LogP contribution in [0.1, 0.15) is 27.4 Å². The molecule has 2 nitrogen and oxygen atoms in total. The van der Waals surface area contributed by atoms with Crippen LogP contribution in [0.25, 0.3) is 0 Å². The minimum atomic E-state index is -1.73. The van der Waals surface area contributed by atoms with E-state index in [1.54, 1.807) is 42.5 Å². The Labute approximate surface area is 148 Å². The zero-order valence-electron chi connectivity index (χ0n) is 13.9. The van der Waals surface area contributed by atoms with Crippen LogP contribution in [0.4, 0.5) is 0 Å². The molecule has 0 aliphatic heterocycles. The highest BCUT2D eigenvalue weighted by molar-refractivity contribution is 6.03. The quantitative estimate of drug-likeness (QED) is 0.525. The molecule has 0 amide bonds. The normalized spacial score (nSPS) is 14.3. The molecule has 0 spiro atoms. The summed E-state index contributed by atoms with van der Waals surface area (Å²) in [6, 6.07) is 27.4. The molecule has 0 heterocycles. The second-order valence-electron chi connectivity index (χ2n) is 5.95. The Morgan fingerprint density at radius 1 is 0.840 bits per heavy atom. The molecule has 0 aromatic heterocycles. The Morgan fingerprint density at radius 2 is 1.32 bits per heavy atom. The van der Waals surface area contributed by atoms with Gasteiger partial charge >= 0.3 is 0 Å². The van der Waals surface area contributed by atoms with Gasteiger partial charge in [0, 0.05) is 11.5 Å². The average molecular weight is 328 g/mol. The van der Waals surface area contributed by atoms with E-state index in [2.05, 4.69) is 6.58 Å². The SMILES string of the molecule is C=CC(c1ccccc1)C(O)(C(=O)c1ccccc1)c1ccccc1. The molecular formula is C23H20O2. The van der Waals surface area contributed by atoms with E-state index in [9.17, 15) is 9.90 Å². The van der Waals surface area contributed by atoms with Crippen molar-refractivity contribution in [3.63, 3.8) is 0 Å². The first kappa shape index (κ1) is 16.9. The minimum absolute atomic E-state index is 0.340. The maximum Gasteiger partial charge on any atom is 0.199 e. The number of rotatable bonds is 6. The van der Waals surface area contributed by atoms with Gasteiger partial charge in [-0.25, -0.2) is 0 Å². The fraction of sp³-hybridized carbons (Fsp3) is 0.0870. The third-order valence-corrected chi connectivity index (χ3v) is 4.44. The summed E-state index contributed by atoms with van der Waals surface area (Å²) in [6.45, 7) is 3.89. The molecule has 0 saturated carbocycles. The predicted molar refractivity (Wildman–Crippen MR) is 100 cm³/mol. The van der Waals surface area contributed by atoms with Crippen molar-refractivity contribution >= 4 is 5.78 Å². The van der Waals surface area contributed by atoms with E-state index in [4.69, 9.17) is 0 Å². The van der Waals surface area contributed by atoms with Crippen molar-refractivity contribution < 1.29 is 9.90 Å². The summed E-state index contributed by atoms with van der Waals surface area (Å²) >= 11 is 0. The molecule has 0 saturated heterocycles. The van der Waals surface area contributed by atoms with Gasteiger partial charge in [-0.3, -0.25) is 4.79 Å². The van der Waals surface area contributed by atoms with E-state index in [0.717, 1.165) is 5.56 Å². The molecule has 0 radical (unpaired) electrons. The van der Waals surface area contributed by atoms with Crippen molar-refractivity contribution in [2.24, 2.45) is 0 Å². The number of Topliss-reactive ketones (excluding diaryl/α,β-unsaturated/α-hetero) is 1. The number of aliphatic hydroxyl groups is 1. The summed E-state index contributed by atoms with van der Waals surface area (Å²) < 4.78 is 0. The van der Waals surface area contributed by atoms with Crippen LogP contribution >= 0.6 is 0 Å². The molecule has 3 aromatic rings. The molecule has 3 aromatic carbocycles. The fourth-order valence-corrected chi connectivity index (χ4v) is 3.16. The monoisotopic (exact) mass is 328 g/mol. The average Bonchev–Trinajstić information content (AvgIpc) is 2.70. The molecule has 25 heavy (non-hydrogen) atoms.